The first-order valence-corrected chi connectivity index (χ1v) is 11.4. The summed E-state index contributed by atoms with van der Waals surface area (Å²) in [5.41, 5.74) is 2.11. The van der Waals surface area contributed by atoms with Gasteiger partial charge in [-0.2, -0.15) is 0 Å². The molecule has 2 N–H and O–H groups in total. The molecule has 0 bridgehead atoms. The smallest absolute Gasteiger partial charge is 0.290 e. The first kappa shape index (κ1) is 18.9. The molecule has 0 radical (unpaired) electrons. The lowest BCUT2D eigenvalue weighted by molar-refractivity contribution is -0.908. The normalized spacial score (nSPS) is 20.2. The maximum atomic E-state index is 12.6. The standard InChI is InChI=1S/C20H26N6O2S/c1-13-3-4-15-14(11-13)16-18-23-17(24-26(18)12-22-20(16)29-15)19(27)21-5-2-6-25-7-9-28-10-8-25/h12-13H,2-11H2,1H3,(H,21,27)/p+1/t13-/m0/s1. The van der Waals surface area contributed by atoms with Crippen molar-refractivity contribution >= 4 is 33.1 Å². The Morgan fingerprint density at radius 2 is 2.28 bits per heavy atom. The minimum atomic E-state index is -0.212. The number of hydrogen-bond donors (Lipinski definition) is 2. The number of nitrogens with one attached hydrogen (secondary N) is 2. The molecule has 1 aliphatic heterocycles. The second kappa shape index (κ2) is 7.97. The van der Waals surface area contributed by atoms with Crippen molar-refractivity contribution in [3.05, 3.63) is 22.6 Å². The highest BCUT2D eigenvalue weighted by Gasteiger charge is 2.24. The molecule has 1 atom stereocenters. The van der Waals surface area contributed by atoms with Gasteiger partial charge in [-0.05, 0) is 30.7 Å². The maximum Gasteiger partial charge on any atom is 0.290 e. The van der Waals surface area contributed by atoms with Gasteiger partial charge in [0, 0.05) is 17.8 Å². The Morgan fingerprint density at radius 3 is 3.14 bits per heavy atom. The van der Waals surface area contributed by atoms with E-state index in [1.54, 1.807) is 27.1 Å². The number of aromatic nitrogens is 4. The molecule has 9 heteroatoms. The van der Waals surface area contributed by atoms with E-state index < -0.39 is 0 Å². The second-order valence-corrected chi connectivity index (χ2v) is 9.29. The van der Waals surface area contributed by atoms with Gasteiger partial charge in [0.15, 0.2) is 5.65 Å². The van der Waals surface area contributed by atoms with Crippen molar-refractivity contribution in [2.45, 2.75) is 32.6 Å². The van der Waals surface area contributed by atoms with Crippen LogP contribution in [-0.2, 0) is 17.6 Å². The van der Waals surface area contributed by atoms with Crippen LogP contribution >= 0.6 is 11.3 Å². The predicted molar refractivity (Wildman–Crippen MR) is 111 cm³/mol. The van der Waals surface area contributed by atoms with Gasteiger partial charge >= 0.3 is 0 Å². The monoisotopic (exact) mass is 415 g/mol. The summed E-state index contributed by atoms with van der Waals surface area (Å²) in [6.45, 7) is 7.75. The average Bonchev–Trinajstić information content (AvgIpc) is 3.32. The van der Waals surface area contributed by atoms with Gasteiger partial charge in [-0.15, -0.1) is 16.4 Å². The van der Waals surface area contributed by atoms with E-state index in [1.165, 1.54) is 16.9 Å². The van der Waals surface area contributed by atoms with Crippen LogP contribution in [0.25, 0.3) is 15.9 Å². The Balaban J connectivity index is 1.31. The zero-order valence-electron chi connectivity index (χ0n) is 16.7. The lowest BCUT2D eigenvalue weighted by Crippen LogP contribution is -3.14. The van der Waals surface area contributed by atoms with Crippen LogP contribution in [0.1, 0.15) is 40.8 Å². The molecule has 0 saturated carbocycles. The van der Waals surface area contributed by atoms with Crippen molar-refractivity contribution in [1.29, 1.82) is 0 Å². The lowest BCUT2D eigenvalue weighted by Gasteiger charge is -2.23. The zero-order chi connectivity index (χ0) is 19.8. The topological polar surface area (TPSA) is 85.9 Å². The first-order chi connectivity index (χ1) is 14.2. The molecule has 4 heterocycles. The van der Waals surface area contributed by atoms with Crippen molar-refractivity contribution in [2.75, 3.05) is 39.4 Å². The molecule has 3 aromatic heterocycles. The van der Waals surface area contributed by atoms with Gasteiger partial charge in [-0.1, -0.05) is 6.92 Å². The molecule has 0 aromatic carbocycles. The summed E-state index contributed by atoms with van der Waals surface area (Å²) in [5.74, 6) is 0.679. The molecule has 1 fully saturated rings. The fraction of sp³-hybridized carbons (Fsp3) is 0.600. The van der Waals surface area contributed by atoms with Crippen LogP contribution in [0.15, 0.2) is 6.33 Å². The van der Waals surface area contributed by atoms with Crippen LogP contribution in [0.2, 0.25) is 0 Å². The van der Waals surface area contributed by atoms with Crippen LogP contribution < -0.4 is 10.2 Å². The quantitative estimate of drug-likeness (QED) is 0.593. The summed E-state index contributed by atoms with van der Waals surface area (Å²) in [5, 5.41) is 8.45. The van der Waals surface area contributed by atoms with Gasteiger partial charge in [0.05, 0.1) is 25.1 Å². The third-order valence-electron chi connectivity index (χ3n) is 6.02. The number of quaternary nitrogens is 1. The minimum absolute atomic E-state index is 0.212. The van der Waals surface area contributed by atoms with Crippen molar-refractivity contribution in [3.63, 3.8) is 0 Å². The summed E-state index contributed by atoms with van der Waals surface area (Å²) < 4.78 is 7.04. The van der Waals surface area contributed by atoms with E-state index >= 15 is 0 Å². The Bertz CT molecular complexity index is 1040. The number of rotatable bonds is 5. The average molecular weight is 416 g/mol. The predicted octanol–water partition coefficient (Wildman–Crippen LogP) is 0.499. The molecule has 154 valence electrons. The van der Waals surface area contributed by atoms with Gasteiger partial charge in [0.25, 0.3) is 5.91 Å². The van der Waals surface area contributed by atoms with Gasteiger partial charge in [0.1, 0.15) is 24.2 Å². The van der Waals surface area contributed by atoms with E-state index in [9.17, 15) is 4.79 Å². The molecule has 1 aliphatic carbocycles. The number of nitrogens with zero attached hydrogens (tertiary/aromatic N) is 4. The Labute approximate surface area is 173 Å². The van der Waals surface area contributed by atoms with Crippen molar-refractivity contribution in [3.8, 4) is 0 Å². The minimum Gasteiger partial charge on any atom is -0.370 e. The van der Waals surface area contributed by atoms with E-state index in [2.05, 4.69) is 27.3 Å². The highest BCUT2D eigenvalue weighted by Crippen LogP contribution is 2.38. The van der Waals surface area contributed by atoms with Crippen LogP contribution in [-0.4, -0.2) is 64.9 Å². The third kappa shape index (κ3) is 3.74. The molecule has 8 nitrogen and oxygen atoms in total. The molecule has 5 rings (SSSR count). The third-order valence-corrected chi connectivity index (χ3v) is 7.22. The number of morpholine rings is 1. The van der Waals surface area contributed by atoms with Crippen LogP contribution in [0, 0.1) is 5.92 Å². The van der Waals surface area contributed by atoms with E-state index in [1.807, 2.05) is 0 Å². The molecule has 29 heavy (non-hydrogen) atoms. The van der Waals surface area contributed by atoms with Crippen molar-refractivity contribution < 1.29 is 14.4 Å². The summed E-state index contributed by atoms with van der Waals surface area (Å²) in [7, 11) is 0. The lowest BCUT2D eigenvalue weighted by atomic mass is 9.89. The number of thiophene rings is 1. The Kier molecular flexibility index (Phi) is 5.19. The van der Waals surface area contributed by atoms with Crippen LogP contribution in [0.5, 0.6) is 0 Å². The van der Waals surface area contributed by atoms with E-state index in [4.69, 9.17) is 4.74 Å². The second-order valence-electron chi connectivity index (χ2n) is 8.20. The number of fused-ring (bicyclic) bond motifs is 5. The number of amides is 1. The van der Waals surface area contributed by atoms with Gasteiger partial charge in [-0.25, -0.2) is 14.5 Å². The van der Waals surface area contributed by atoms with Crippen molar-refractivity contribution in [1.82, 2.24) is 24.9 Å². The molecular formula is C20H27N6O2S+. The molecular weight excluding hydrogens is 388 g/mol. The molecule has 0 spiro atoms. The number of hydrogen-bond acceptors (Lipinski definition) is 6. The van der Waals surface area contributed by atoms with E-state index in [-0.39, 0.29) is 11.7 Å². The highest BCUT2D eigenvalue weighted by atomic mass is 32.1. The van der Waals surface area contributed by atoms with Gasteiger partial charge in [0.2, 0.25) is 5.82 Å². The molecule has 1 saturated heterocycles. The van der Waals surface area contributed by atoms with E-state index in [0.29, 0.717) is 12.5 Å². The Hall–Kier alpha value is -2.10. The summed E-state index contributed by atoms with van der Waals surface area (Å²) in [6, 6.07) is 0. The van der Waals surface area contributed by atoms with Gasteiger partial charge in [-0.3, -0.25) is 4.79 Å². The molecule has 0 unspecified atom stereocenters. The number of carbonyl (C=O) groups excluding carboxylic acids is 1. The maximum absolute atomic E-state index is 12.6. The van der Waals surface area contributed by atoms with Crippen LogP contribution in [0.3, 0.4) is 0 Å². The SMILES string of the molecule is C[C@H]1CCc2sc3ncn4nc(C(=O)NCCC[NH+]5CCOCC5)nc4c3c2C1. The summed E-state index contributed by atoms with van der Waals surface area (Å²) >= 11 is 1.76. The molecule has 1 amide bonds. The summed E-state index contributed by atoms with van der Waals surface area (Å²) in [4.78, 5) is 25.7. The fourth-order valence-corrected chi connectivity index (χ4v) is 5.55. The molecule has 3 aromatic rings. The molecule has 2 aliphatic rings. The number of ether oxygens (including phenoxy) is 1. The highest BCUT2D eigenvalue weighted by molar-refractivity contribution is 7.19. The summed E-state index contributed by atoms with van der Waals surface area (Å²) in [6.07, 6.45) is 6.00. The first-order valence-electron chi connectivity index (χ1n) is 10.5. The van der Waals surface area contributed by atoms with Crippen molar-refractivity contribution in [2.24, 2.45) is 5.92 Å². The number of aryl methyl sites for hydroxylation is 1. The van der Waals surface area contributed by atoms with E-state index in [0.717, 1.165) is 68.0 Å². The van der Waals surface area contributed by atoms with Gasteiger partial charge < -0.3 is 15.0 Å². The largest absolute Gasteiger partial charge is 0.370 e. The Morgan fingerprint density at radius 1 is 1.41 bits per heavy atom. The fourth-order valence-electron chi connectivity index (χ4n) is 4.37. The van der Waals surface area contributed by atoms with Crippen LogP contribution in [0.4, 0.5) is 0 Å². The number of carbonyl (C=O) groups is 1. The zero-order valence-corrected chi connectivity index (χ0v) is 17.6.